The summed E-state index contributed by atoms with van der Waals surface area (Å²) in [4.78, 5) is 11.8. The SMILES string of the molecule is CC.CCC.CCC1CC(CC(=O)NCCCCCCCCNC(C)CC)C1. The Labute approximate surface area is 178 Å². The van der Waals surface area contributed by atoms with Crippen LogP contribution in [0, 0.1) is 11.8 Å². The van der Waals surface area contributed by atoms with E-state index in [1.165, 1.54) is 64.2 Å². The van der Waals surface area contributed by atoms with Crippen molar-refractivity contribution in [3.8, 4) is 0 Å². The fourth-order valence-electron chi connectivity index (χ4n) is 3.39. The van der Waals surface area contributed by atoms with Gasteiger partial charge in [0.1, 0.15) is 0 Å². The minimum Gasteiger partial charge on any atom is -0.356 e. The highest BCUT2D eigenvalue weighted by molar-refractivity contribution is 5.76. The fourth-order valence-corrected chi connectivity index (χ4v) is 3.39. The fraction of sp³-hybridized carbons (Fsp3) is 0.960. The molecule has 0 saturated heterocycles. The van der Waals surface area contributed by atoms with Crippen molar-refractivity contribution in [2.45, 2.75) is 132 Å². The predicted octanol–water partition coefficient (Wildman–Crippen LogP) is 7.10. The molecule has 0 bridgehead atoms. The van der Waals surface area contributed by atoms with Gasteiger partial charge in [-0.05, 0) is 57.4 Å². The van der Waals surface area contributed by atoms with Crippen LogP contribution in [-0.2, 0) is 4.79 Å². The lowest BCUT2D eigenvalue weighted by molar-refractivity contribution is -0.123. The molecule has 0 aromatic heterocycles. The normalized spacial score (nSPS) is 18.7. The molecule has 1 atom stereocenters. The molecule has 0 spiro atoms. The molecule has 1 aliphatic rings. The summed E-state index contributed by atoms with van der Waals surface area (Å²) in [5.41, 5.74) is 0. The third-order valence-corrected chi connectivity index (χ3v) is 5.42. The van der Waals surface area contributed by atoms with Crippen molar-refractivity contribution in [3.05, 3.63) is 0 Å². The minimum absolute atomic E-state index is 0.278. The summed E-state index contributed by atoms with van der Waals surface area (Å²) in [7, 11) is 0. The summed E-state index contributed by atoms with van der Waals surface area (Å²) >= 11 is 0. The lowest BCUT2D eigenvalue weighted by Gasteiger charge is -2.34. The molecule has 0 heterocycles. The van der Waals surface area contributed by atoms with Crippen LogP contribution in [0.1, 0.15) is 126 Å². The van der Waals surface area contributed by atoms with Crippen LogP contribution in [0.2, 0.25) is 0 Å². The van der Waals surface area contributed by atoms with Gasteiger partial charge >= 0.3 is 0 Å². The predicted molar refractivity (Wildman–Crippen MR) is 127 cm³/mol. The Hall–Kier alpha value is -0.570. The molecule has 1 unspecified atom stereocenters. The maximum Gasteiger partial charge on any atom is 0.220 e. The van der Waals surface area contributed by atoms with Crippen molar-refractivity contribution in [1.82, 2.24) is 10.6 Å². The Balaban J connectivity index is 0. The highest BCUT2D eigenvalue weighted by Crippen LogP contribution is 2.37. The average molecular weight is 399 g/mol. The summed E-state index contributed by atoms with van der Waals surface area (Å²) in [6.07, 6.45) is 14.7. The van der Waals surface area contributed by atoms with Gasteiger partial charge in [-0.15, -0.1) is 0 Å². The van der Waals surface area contributed by atoms with Crippen molar-refractivity contribution in [2.75, 3.05) is 13.1 Å². The van der Waals surface area contributed by atoms with Crippen LogP contribution in [0.3, 0.4) is 0 Å². The van der Waals surface area contributed by atoms with Crippen molar-refractivity contribution in [1.29, 1.82) is 0 Å². The van der Waals surface area contributed by atoms with Crippen LogP contribution in [0.4, 0.5) is 0 Å². The Kier molecular flexibility index (Phi) is 24.0. The molecular formula is C25H54N2O. The molecular weight excluding hydrogens is 344 g/mol. The standard InChI is InChI=1S/C20H40N2O.C3H8.C2H6/c1-4-17(3)21-12-10-8-6-7-9-11-13-22-20(23)16-19-14-18(5-2)15-19;1-3-2;1-2/h17-19,21H,4-16H2,1-3H3,(H,22,23);3H2,1-2H3;1-2H3. The molecule has 1 aliphatic carbocycles. The van der Waals surface area contributed by atoms with E-state index < -0.39 is 0 Å². The molecule has 1 rings (SSSR count). The second-order valence-electron chi connectivity index (χ2n) is 8.26. The molecule has 3 nitrogen and oxygen atoms in total. The largest absolute Gasteiger partial charge is 0.356 e. The summed E-state index contributed by atoms with van der Waals surface area (Å²) in [6.45, 7) is 17.0. The van der Waals surface area contributed by atoms with E-state index in [1.807, 2.05) is 13.8 Å². The van der Waals surface area contributed by atoms with Gasteiger partial charge in [0.25, 0.3) is 0 Å². The van der Waals surface area contributed by atoms with E-state index in [9.17, 15) is 4.79 Å². The summed E-state index contributed by atoms with van der Waals surface area (Å²) in [5.74, 6) is 1.85. The van der Waals surface area contributed by atoms with E-state index in [0.29, 0.717) is 12.0 Å². The zero-order chi connectivity index (χ0) is 21.6. The molecule has 0 aromatic rings. The molecule has 0 radical (unpaired) electrons. The molecule has 2 N–H and O–H groups in total. The summed E-state index contributed by atoms with van der Waals surface area (Å²) in [6, 6.07) is 0.659. The Morgan fingerprint density at radius 2 is 1.36 bits per heavy atom. The first-order valence-electron chi connectivity index (χ1n) is 12.6. The topological polar surface area (TPSA) is 41.1 Å². The van der Waals surface area contributed by atoms with Gasteiger partial charge in [-0.1, -0.05) is 80.1 Å². The van der Waals surface area contributed by atoms with Crippen molar-refractivity contribution >= 4 is 5.91 Å². The van der Waals surface area contributed by atoms with Gasteiger partial charge in [0.15, 0.2) is 0 Å². The summed E-state index contributed by atoms with van der Waals surface area (Å²) in [5, 5.41) is 6.64. The van der Waals surface area contributed by atoms with Crippen LogP contribution in [0.25, 0.3) is 0 Å². The van der Waals surface area contributed by atoms with Crippen LogP contribution in [0.5, 0.6) is 0 Å². The molecule has 0 aliphatic heterocycles. The Bertz CT molecular complexity index is 314. The number of unbranched alkanes of at least 4 members (excludes halogenated alkanes) is 5. The first kappa shape index (κ1) is 29.6. The van der Waals surface area contributed by atoms with Gasteiger partial charge < -0.3 is 10.6 Å². The number of amides is 1. The van der Waals surface area contributed by atoms with Crippen LogP contribution in [-0.4, -0.2) is 25.0 Å². The first-order valence-corrected chi connectivity index (χ1v) is 12.6. The Morgan fingerprint density at radius 3 is 1.86 bits per heavy atom. The second-order valence-corrected chi connectivity index (χ2v) is 8.26. The van der Waals surface area contributed by atoms with Crippen molar-refractivity contribution < 1.29 is 4.79 Å². The average Bonchev–Trinajstić information content (AvgIpc) is 2.67. The van der Waals surface area contributed by atoms with Crippen LogP contribution in [0.15, 0.2) is 0 Å². The van der Waals surface area contributed by atoms with Gasteiger partial charge in [0, 0.05) is 19.0 Å². The molecule has 170 valence electrons. The quantitative estimate of drug-likeness (QED) is 0.306. The number of hydrogen-bond donors (Lipinski definition) is 2. The molecule has 0 aromatic carbocycles. The number of hydrogen-bond acceptors (Lipinski definition) is 2. The van der Waals surface area contributed by atoms with Crippen LogP contribution >= 0.6 is 0 Å². The second kappa shape index (κ2) is 22.7. The van der Waals surface area contributed by atoms with Gasteiger partial charge in [-0.25, -0.2) is 0 Å². The van der Waals surface area contributed by atoms with E-state index >= 15 is 0 Å². The van der Waals surface area contributed by atoms with E-state index in [4.69, 9.17) is 0 Å². The molecule has 1 amide bonds. The molecule has 28 heavy (non-hydrogen) atoms. The lowest BCUT2D eigenvalue weighted by atomic mass is 9.72. The monoisotopic (exact) mass is 398 g/mol. The minimum atomic E-state index is 0.278. The highest BCUT2D eigenvalue weighted by atomic mass is 16.1. The van der Waals surface area contributed by atoms with Gasteiger partial charge in [0.2, 0.25) is 5.91 Å². The van der Waals surface area contributed by atoms with Crippen LogP contribution < -0.4 is 10.6 Å². The number of nitrogens with one attached hydrogen (secondary N) is 2. The highest BCUT2D eigenvalue weighted by Gasteiger charge is 2.28. The number of carbonyl (C=O) groups is 1. The van der Waals surface area contributed by atoms with Crippen molar-refractivity contribution in [2.24, 2.45) is 11.8 Å². The first-order chi connectivity index (χ1) is 13.6. The molecule has 1 fully saturated rings. The maximum atomic E-state index is 11.8. The van der Waals surface area contributed by atoms with E-state index in [2.05, 4.69) is 45.3 Å². The smallest absolute Gasteiger partial charge is 0.220 e. The third-order valence-electron chi connectivity index (χ3n) is 5.42. The third kappa shape index (κ3) is 18.8. The van der Waals surface area contributed by atoms with E-state index in [0.717, 1.165) is 31.8 Å². The Morgan fingerprint density at radius 1 is 0.857 bits per heavy atom. The van der Waals surface area contributed by atoms with E-state index in [-0.39, 0.29) is 5.91 Å². The summed E-state index contributed by atoms with van der Waals surface area (Å²) < 4.78 is 0. The van der Waals surface area contributed by atoms with E-state index in [1.54, 1.807) is 0 Å². The van der Waals surface area contributed by atoms with Gasteiger partial charge in [-0.3, -0.25) is 4.79 Å². The molecule has 3 heteroatoms. The maximum absolute atomic E-state index is 11.8. The van der Waals surface area contributed by atoms with Crippen molar-refractivity contribution in [3.63, 3.8) is 0 Å². The number of rotatable bonds is 14. The number of carbonyl (C=O) groups excluding carboxylic acids is 1. The lowest BCUT2D eigenvalue weighted by Crippen LogP contribution is -2.31. The zero-order valence-electron chi connectivity index (χ0n) is 20.5. The van der Waals surface area contributed by atoms with Gasteiger partial charge in [0.05, 0.1) is 0 Å². The molecule has 1 saturated carbocycles. The zero-order valence-corrected chi connectivity index (χ0v) is 20.5. The van der Waals surface area contributed by atoms with Gasteiger partial charge in [-0.2, -0.15) is 0 Å².